The van der Waals surface area contributed by atoms with Crippen LogP contribution in [-0.4, -0.2) is 15.3 Å². The largest absolute Gasteiger partial charge is 0.370 e. The summed E-state index contributed by atoms with van der Waals surface area (Å²) in [6.45, 7) is 0.499. The van der Waals surface area contributed by atoms with Crippen LogP contribution in [0.2, 0.25) is 5.15 Å². The summed E-state index contributed by atoms with van der Waals surface area (Å²) >= 11 is 6.98. The Morgan fingerprint density at radius 1 is 1.20 bits per heavy atom. The third-order valence-corrected chi connectivity index (χ3v) is 4.55. The summed E-state index contributed by atoms with van der Waals surface area (Å²) in [6, 6.07) is 12.7. The normalized spacial score (nSPS) is 10.1. The fourth-order valence-electron chi connectivity index (χ4n) is 2.08. The molecule has 3 aromatic rings. The predicted octanol–water partition coefficient (Wildman–Crippen LogP) is 3.93. The maximum absolute atomic E-state index is 12.2. The van der Waals surface area contributed by atoms with Gasteiger partial charge in [0.15, 0.2) is 5.15 Å². The van der Waals surface area contributed by atoms with Gasteiger partial charge < -0.3 is 10.6 Å². The van der Waals surface area contributed by atoms with Crippen LogP contribution in [0.3, 0.4) is 0 Å². The van der Waals surface area contributed by atoms with E-state index in [9.17, 15) is 4.79 Å². The average molecular weight is 370 g/mol. The van der Waals surface area contributed by atoms with Crippen molar-refractivity contribution in [3.05, 3.63) is 70.6 Å². The van der Waals surface area contributed by atoms with Gasteiger partial charge in [-0.1, -0.05) is 23.7 Å². The van der Waals surface area contributed by atoms with Gasteiger partial charge in [-0.25, -0.2) is 0 Å². The maximum atomic E-state index is 12.2. The molecule has 2 aromatic heterocycles. The Balaban J connectivity index is 1.62. The Bertz CT molecular complexity index is 918. The lowest BCUT2D eigenvalue weighted by Gasteiger charge is -2.07. The van der Waals surface area contributed by atoms with Crippen LogP contribution in [0, 0.1) is 11.3 Å². The highest BCUT2D eigenvalue weighted by Crippen LogP contribution is 2.27. The van der Waals surface area contributed by atoms with Crippen molar-refractivity contribution in [1.29, 1.82) is 5.26 Å². The van der Waals surface area contributed by atoms with Gasteiger partial charge in [0.25, 0.3) is 5.91 Å². The molecule has 0 atom stereocenters. The summed E-state index contributed by atoms with van der Waals surface area (Å²) in [6.07, 6.45) is 3.23. The van der Waals surface area contributed by atoms with Gasteiger partial charge in [0.1, 0.15) is 16.6 Å². The summed E-state index contributed by atoms with van der Waals surface area (Å²) in [5, 5.41) is 15.8. The summed E-state index contributed by atoms with van der Waals surface area (Å²) in [5.41, 5.74) is 2.56. The molecular formula is C17H12ClN5OS. The standard InChI is InChI=1S/C17H12ClN5OS/c18-15-14(9-19)17(25-23-15)21-10-11-1-3-12(4-2-11)16(24)22-13-5-7-20-8-6-13/h1-8,21H,10H2,(H,20,22,24). The van der Waals surface area contributed by atoms with Crippen LogP contribution in [0.5, 0.6) is 0 Å². The number of halogens is 1. The number of hydrogen-bond acceptors (Lipinski definition) is 6. The molecule has 0 fully saturated rings. The molecule has 2 heterocycles. The van der Waals surface area contributed by atoms with Crippen LogP contribution in [-0.2, 0) is 6.54 Å². The van der Waals surface area contributed by atoms with E-state index in [1.165, 1.54) is 0 Å². The van der Waals surface area contributed by atoms with Crippen LogP contribution in [0.1, 0.15) is 21.5 Å². The molecule has 0 aliphatic heterocycles. The Labute approximate surface area is 153 Å². The Hall–Kier alpha value is -2.95. The van der Waals surface area contributed by atoms with Crippen LogP contribution >= 0.6 is 23.1 Å². The first-order valence-corrected chi connectivity index (χ1v) is 8.42. The number of amides is 1. The number of hydrogen-bond donors (Lipinski definition) is 2. The van der Waals surface area contributed by atoms with E-state index in [0.717, 1.165) is 17.1 Å². The number of nitrogens with zero attached hydrogens (tertiary/aromatic N) is 3. The van der Waals surface area contributed by atoms with Crippen molar-refractivity contribution in [2.24, 2.45) is 0 Å². The fraction of sp³-hybridized carbons (Fsp3) is 0.0588. The second-order valence-corrected chi connectivity index (χ2v) is 6.16. The minimum atomic E-state index is -0.188. The molecule has 124 valence electrons. The molecule has 3 rings (SSSR count). The smallest absolute Gasteiger partial charge is 0.255 e. The van der Waals surface area contributed by atoms with Crippen LogP contribution < -0.4 is 10.6 Å². The zero-order valence-corrected chi connectivity index (χ0v) is 14.4. The second kappa shape index (κ2) is 7.75. The van der Waals surface area contributed by atoms with Gasteiger partial charge in [0, 0.05) is 30.2 Å². The van der Waals surface area contributed by atoms with Gasteiger partial charge in [-0.15, -0.1) is 0 Å². The first-order valence-electron chi connectivity index (χ1n) is 7.27. The summed E-state index contributed by atoms with van der Waals surface area (Å²) in [5.74, 6) is -0.188. The Morgan fingerprint density at radius 3 is 2.60 bits per heavy atom. The van der Waals surface area contributed by atoms with Crippen molar-refractivity contribution in [2.75, 3.05) is 10.6 Å². The van der Waals surface area contributed by atoms with Gasteiger partial charge in [-0.3, -0.25) is 9.78 Å². The van der Waals surface area contributed by atoms with E-state index in [0.29, 0.717) is 28.4 Å². The summed E-state index contributed by atoms with van der Waals surface area (Å²) in [7, 11) is 0. The molecule has 0 unspecified atom stereocenters. The number of carbonyl (C=O) groups is 1. The molecule has 0 saturated carbocycles. The molecule has 6 nitrogen and oxygen atoms in total. The number of anilines is 2. The van der Waals surface area contributed by atoms with Crippen molar-refractivity contribution in [3.8, 4) is 6.07 Å². The number of carbonyl (C=O) groups excluding carboxylic acids is 1. The maximum Gasteiger partial charge on any atom is 0.255 e. The van der Waals surface area contributed by atoms with Crippen molar-refractivity contribution in [2.45, 2.75) is 6.54 Å². The topological polar surface area (TPSA) is 90.7 Å². The fourth-order valence-corrected chi connectivity index (χ4v) is 3.01. The number of rotatable bonds is 5. The predicted molar refractivity (Wildman–Crippen MR) is 97.8 cm³/mol. The first-order chi connectivity index (χ1) is 12.2. The van der Waals surface area contributed by atoms with Crippen molar-refractivity contribution in [3.63, 3.8) is 0 Å². The van der Waals surface area contributed by atoms with Crippen LogP contribution in [0.25, 0.3) is 0 Å². The minimum Gasteiger partial charge on any atom is -0.370 e. The molecule has 8 heteroatoms. The molecule has 0 radical (unpaired) electrons. The lowest BCUT2D eigenvalue weighted by atomic mass is 10.1. The van der Waals surface area contributed by atoms with E-state index < -0.39 is 0 Å². The molecule has 0 bridgehead atoms. The molecule has 1 amide bonds. The number of pyridine rings is 1. The van der Waals surface area contributed by atoms with Crippen molar-refractivity contribution >= 4 is 39.7 Å². The van der Waals surface area contributed by atoms with Crippen molar-refractivity contribution in [1.82, 2.24) is 9.36 Å². The van der Waals surface area contributed by atoms with Gasteiger partial charge in [0.2, 0.25) is 0 Å². The molecule has 1 aromatic carbocycles. The highest BCUT2D eigenvalue weighted by atomic mass is 35.5. The molecule has 0 spiro atoms. The zero-order chi connectivity index (χ0) is 17.6. The minimum absolute atomic E-state index is 0.188. The van der Waals surface area contributed by atoms with Gasteiger partial charge in [-0.2, -0.15) is 9.64 Å². The number of nitriles is 1. The third kappa shape index (κ3) is 4.12. The number of aromatic nitrogens is 2. The highest BCUT2D eigenvalue weighted by Gasteiger charge is 2.11. The van der Waals surface area contributed by atoms with E-state index in [1.807, 2.05) is 18.2 Å². The van der Waals surface area contributed by atoms with Crippen molar-refractivity contribution < 1.29 is 4.79 Å². The monoisotopic (exact) mass is 369 g/mol. The van der Waals surface area contributed by atoms with Gasteiger partial charge in [0.05, 0.1) is 0 Å². The quantitative estimate of drug-likeness (QED) is 0.711. The molecule has 0 saturated heterocycles. The lowest BCUT2D eigenvalue weighted by Crippen LogP contribution is -2.12. The Kier molecular flexibility index (Phi) is 5.23. The zero-order valence-electron chi connectivity index (χ0n) is 12.9. The van der Waals surface area contributed by atoms with E-state index >= 15 is 0 Å². The third-order valence-electron chi connectivity index (χ3n) is 3.37. The summed E-state index contributed by atoms with van der Waals surface area (Å²) in [4.78, 5) is 16.1. The molecule has 0 aliphatic rings. The molecular weight excluding hydrogens is 358 g/mol. The van der Waals surface area contributed by atoms with E-state index in [4.69, 9.17) is 16.9 Å². The number of benzene rings is 1. The number of nitrogens with one attached hydrogen (secondary N) is 2. The molecule has 2 N–H and O–H groups in total. The van der Waals surface area contributed by atoms with E-state index in [-0.39, 0.29) is 11.1 Å². The van der Waals surface area contributed by atoms with E-state index in [1.54, 1.807) is 36.7 Å². The molecule has 0 aliphatic carbocycles. The van der Waals surface area contributed by atoms with Gasteiger partial charge >= 0.3 is 0 Å². The Morgan fingerprint density at radius 2 is 1.92 bits per heavy atom. The van der Waals surface area contributed by atoms with Gasteiger partial charge in [-0.05, 0) is 41.4 Å². The first kappa shape index (κ1) is 16.9. The lowest BCUT2D eigenvalue weighted by molar-refractivity contribution is 0.102. The highest BCUT2D eigenvalue weighted by molar-refractivity contribution is 7.10. The second-order valence-electron chi connectivity index (χ2n) is 5.03. The van der Waals surface area contributed by atoms with E-state index in [2.05, 4.69) is 20.0 Å². The van der Waals surface area contributed by atoms with Crippen LogP contribution in [0.4, 0.5) is 10.7 Å². The average Bonchev–Trinajstić information content (AvgIpc) is 3.01. The SMILES string of the molecule is N#Cc1c(Cl)nsc1NCc1ccc(C(=O)Nc2ccncc2)cc1. The van der Waals surface area contributed by atoms with Crippen LogP contribution in [0.15, 0.2) is 48.8 Å². The summed E-state index contributed by atoms with van der Waals surface area (Å²) < 4.78 is 3.94. The molecule has 25 heavy (non-hydrogen) atoms.